The minimum Gasteiger partial charge on any atom is -0.467 e. The number of nitrogens with one attached hydrogen (secondary N) is 2. The molecule has 1 atom stereocenters. The molecule has 11 nitrogen and oxygen atoms in total. The molecule has 2 aromatic heterocycles. The fourth-order valence-corrected chi connectivity index (χ4v) is 2.99. The van der Waals surface area contributed by atoms with E-state index in [1.165, 1.54) is 26.3 Å². The number of alkyl halides is 1. The van der Waals surface area contributed by atoms with Gasteiger partial charge in [0.25, 0.3) is 10.0 Å². The van der Waals surface area contributed by atoms with Gasteiger partial charge in [0.05, 0.1) is 12.8 Å². The molecule has 0 fully saturated rings. The Hall–Kier alpha value is -2.93. The number of anilines is 1. The van der Waals surface area contributed by atoms with E-state index in [1.807, 2.05) is 0 Å². The van der Waals surface area contributed by atoms with Gasteiger partial charge in [-0.1, -0.05) is 0 Å². The van der Waals surface area contributed by atoms with Crippen molar-refractivity contribution in [3.63, 3.8) is 0 Å². The number of hydrogen-bond acceptors (Lipinski definition) is 9. The van der Waals surface area contributed by atoms with Crippen LogP contribution in [0.3, 0.4) is 0 Å². The summed E-state index contributed by atoms with van der Waals surface area (Å²) >= 11 is 0. The first-order valence-corrected chi connectivity index (χ1v) is 8.54. The maximum Gasteiger partial charge on any atom is 0.335 e. The molecule has 2 aromatic rings. The van der Waals surface area contributed by atoms with Gasteiger partial charge < -0.3 is 9.84 Å². The Morgan fingerprint density at radius 2 is 2.12 bits per heavy atom. The smallest absolute Gasteiger partial charge is 0.335 e. The molecule has 13 heteroatoms. The van der Waals surface area contributed by atoms with E-state index in [1.54, 1.807) is 4.72 Å². The summed E-state index contributed by atoms with van der Waals surface area (Å²) < 4.78 is 43.9. The first-order valence-electron chi connectivity index (χ1n) is 7.06. The molecule has 0 aromatic carbocycles. The van der Waals surface area contributed by atoms with Gasteiger partial charge >= 0.3 is 12.0 Å². The Balaban J connectivity index is 2.22. The van der Waals surface area contributed by atoms with Crippen LogP contribution in [0.2, 0.25) is 0 Å². The predicted molar refractivity (Wildman–Crippen MR) is 85.6 cm³/mol. The molecule has 0 bridgehead atoms. The number of aryl methyl sites for hydroxylation is 1. The minimum absolute atomic E-state index is 0.0729. The lowest BCUT2D eigenvalue weighted by Gasteiger charge is -2.13. The largest absolute Gasteiger partial charge is 0.467 e. The third-order valence-electron chi connectivity index (χ3n) is 2.91. The van der Waals surface area contributed by atoms with E-state index in [4.69, 9.17) is 4.74 Å². The quantitative estimate of drug-likeness (QED) is 0.626. The highest BCUT2D eigenvalue weighted by atomic mass is 32.2. The molecule has 0 saturated carbocycles. The highest BCUT2D eigenvalue weighted by molar-refractivity contribution is 7.90. The van der Waals surface area contributed by atoms with Crippen molar-refractivity contribution in [1.29, 1.82) is 0 Å². The van der Waals surface area contributed by atoms with Gasteiger partial charge in [0, 0.05) is 6.20 Å². The van der Waals surface area contributed by atoms with E-state index in [9.17, 15) is 22.7 Å². The zero-order valence-electron chi connectivity index (χ0n) is 13.7. The van der Waals surface area contributed by atoms with Gasteiger partial charge in [0.2, 0.25) is 5.95 Å². The molecule has 0 saturated heterocycles. The van der Waals surface area contributed by atoms with Gasteiger partial charge in [0.15, 0.2) is 0 Å². The molecule has 0 aliphatic heterocycles. The number of methoxy groups -OCH3 is 1. The molecule has 140 valence electrons. The molecule has 0 radical (unpaired) electrons. The maximum absolute atomic E-state index is 12.7. The Bertz CT molecular complexity index is 910. The van der Waals surface area contributed by atoms with Crippen LogP contribution in [0.5, 0.6) is 6.01 Å². The number of amides is 2. The van der Waals surface area contributed by atoms with E-state index in [0.29, 0.717) is 0 Å². The first-order chi connectivity index (χ1) is 12.3. The number of rotatable bonds is 6. The zero-order chi connectivity index (χ0) is 19.3. The van der Waals surface area contributed by atoms with Crippen LogP contribution in [0.1, 0.15) is 17.6 Å². The van der Waals surface area contributed by atoms with Crippen LogP contribution in [-0.2, 0) is 10.0 Å². The van der Waals surface area contributed by atoms with Crippen LogP contribution in [0, 0.1) is 6.92 Å². The number of nitrogens with zero attached hydrogens (tertiary/aromatic N) is 4. The van der Waals surface area contributed by atoms with Gasteiger partial charge in [-0.3, -0.25) is 10.3 Å². The van der Waals surface area contributed by atoms with Crippen molar-refractivity contribution in [3.05, 3.63) is 29.8 Å². The fraction of sp³-hybridized carbons (Fsp3) is 0.308. The zero-order valence-corrected chi connectivity index (χ0v) is 14.5. The summed E-state index contributed by atoms with van der Waals surface area (Å²) in [6.45, 7) is 0.278. The van der Waals surface area contributed by atoms with Gasteiger partial charge in [-0.25, -0.2) is 22.3 Å². The molecule has 2 heterocycles. The number of aliphatic hydroxyl groups is 1. The summed E-state index contributed by atoms with van der Waals surface area (Å²) in [6.07, 6.45) is -0.561. The maximum atomic E-state index is 12.7. The molecule has 26 heavy (non-hydrogen) atoms. The van der Waals surface area contributed by atoms with E-state index in [0.717, 1.165) is 6.07 Å². The normalized spacial score (nSPS) is 12.3. The standard InChI is InChI=1S/C13H15FN6O5S/c1-7-16-11(19-13(17-7)25-2)18-12(22)20-26(23,24)9-4-3-5-15-10(9)8(21)6-14/h3-5,8,21H,6H2,1-2H3,(H2,16,17,18,19,20,22). The second-order valence-electron chi connectivity index (χ2n) is 4.81. The number of aliphatic hydroxyl groups excluding tert-OH is 1. The topological polar surface area (TPSA) is 156 Å². The van der Waals surface area contributed by atoms with E-state index >= 15 is 0 Å². The third kappa shape index (κ3) is 4.58. The van der Waals surface area contributed by atoms with Crippen LogP contribution in [0.25, 0.3) is 0 Å². The van der Waals surface area contributed by atoms with Crippen molar-refractivity contribution in [2.24, 2.45) is 0 Å². The van der Waals surface area contributed by atoms with Gasteiger partial charge in [-0.05, 0) is 19.1 Å². The molecule has 0 aliphatic carbocycles. The predicted octanol–water partition coefficient (Wildman–Crippen LogP) is 0.0969. The van der Waals surface area contributed by atoms with Crippen molar-refractivity contribution in [3.8, 4) is 6.01 Å². The lowest BCUT2D eigenvalue weighted by Crippen LogP contribution is -2.35. The van der Waals surface area contributed by atoms with Gasteiger partial charge in [-0.2, -0.15) is 15.0 Å². The third-order valence-corrected chi connectivity index (χ3v) is 4.29. The number of pyridine rings is 1. The van der Waals surface area contributed by atoms with Gasteiger partial charge in [-0.15, -0.1) is 0 Å². The van der Waals surface area contributed by atoms with Crippen LogP contribution >= 0.6 is 0 Å². The molecule has 0 spiro atoms. The van der Waals surface area contributed by atoms with Crippen LogP contribution in [0.4, 0.5) is 15.1 Å². The van der Waals surface area contributed by atoms with Crippen molar-refractivity contribution in [1.82, 2.24) is 24.7 Å². The summed E-state index contributed by atoms with van der Waals surface area (Å²) in [5.41, 5.74) is -0.423. The van der Waals surface area contributed by atoms with E-state index in [2.05, 4.69) is 25.3 Å². The number of urea groups is 1. The van der Waals surface area contributed by atoms with Crippen molar-refractivity contribution in [2.75, 3.05) is 19.1 Å². The highest BCUT2D eigenvalue weighted by Gasteiger charge is 2.26. The SMILES string of the molecule is COc1nc(C)nc(NC(=O)NS(=O)(=O)c2cccnc2C(O)CF)n1. The second-order valence-corrected chi connectivity index (χ2v) is 6.46. The molecule has 3 N–H and O–H groups in total. The number of hydrogen-bond donors (Lipinski definition) is 3. The lowest BCUT2D eigenvalue weighted by molar-refractivity contribution is 0.134. The first kappa shape index (κ1) is 19.4. The fourth-order valence-electron chi connectivity index (χ4n) is 1.86. The molecule has 2 amide bonds. The van der Waals surface area contributed by atoms with Crippen LogP contribution < -0.4 is 14.8 Å². The Morgan fingerprint density at radius 1 is 1.38 bits per heavy atom. The average molecular weight is 386 g/mol. The summed E-state index contributed by atoms with van der Waals surface area (Å²) in [5, 5.41) is 11.7. The summed E-state index contributed by atoms with van der Waals surface area (Å²) in [6, 6.07) is 1.09. The molecule has 0 aliphatic rings. The molecule has 1 unspecified atom stereocenters. The van der Waals surface area contributed by atoms with Crippen molar-refractivity contribution in [2.45, 2.75) is 17.9 Å². The van der Waals surface area contributed by atoms with Gasteiger partial charge in [0.1, 0.15) is 23.5 Å². The number of carbonyl (C=O) groups is 1. The van der Waals surface area contributed by atoms with Crippen molar-refractivity contribution < 1.29 is 27.4 Å². The van der Waals surface area contributed by atoms with Crippen molar-refractivity contribution >= 4 is 22.0 Å². The van der Waals surface area contributed by atoms with E-state index < -0.39 is 39.4 Å². The molecular formula is C13H15FN6O5S. The number of carbonyl (C=O) groups excluding carboxylic acids is 1. The number of halogens is 1. The van der Waals surface area contributed by atoms with Crippen LogP contribution in [-0.4, -0.2) is 53.3 Å². The number of ether oxygens (including phenoxy) is 1. The Morgan fingerprint density at radius 3 is 2.77 bits per heavy atom. The van der Waals surface area contributed by atoms with E-state index in [-0.39, 0.29) is 17.8 Å². The molecular weight excluding hydrogens is 371 g/mol. The number of sulfonamides is 1. The Kier molecular flexibility index (Phi) is 5.94. The highest BCUT2D eigenvalue weighted by Crippen LogP contribution is 2.20. The summed E-state index contributed by atoms with van der Waals surface area (Å²) in [7, 11) is -3.14. The minimum atomic E-state index is -4.44. The lowest BCUT2D eigenvalue weighted by atomic mass is 10.2. The average Bonchev–Trinajstić information content (AvgIpc) is 2.59. The summed E-state index contributed by atoms with van der Waals surface area (Å²) in [5.74, 6) is -0.00660. The summed E-state index contributed by atoms with van der Waals surface area (Å²) in [4.78, 5) is 26.4. The second kappa shape index (κ2) is 7.97. The van der Waals surface area contributed by atoms with Crippen LogP contribution in [0.15, 0.2) is 23.2 Å². The number of aromatic nitrogens is 4. The monoisotopic (exact) mass is 386 g/mol. The molecule has 2 rings (SSSR count). The Labute approximate surface area is 147 Å².